The van der Waals surface area contributed by atoms with E-state index in [4.69, 9.17) is 5.73 Å². The Kier molecular flexibility index (Phi) is 2.41. The molecule has 3 rings (SSSR count). The minimum absolute atomic E-state index is 0.542. The van der Waals surface area contributed by atoms with Crippen molar-refractivity contribution in [3.63, 3.8) is 0 Å². The highest BCUT2D eigenvalue weighted by molar-refractivity contribution is 7.14. The molecular weight excluding hydrogens is 254 g/mol. The second-order valence-electron chi connectivity index (χ2n) is 3.43. The molecule has 0 radical (unpaired) electrons. The lowest BCUT2D eigenvalue weighted by Crippen LogP contribution is -1.94. The van der Waals surface area contributed by atoms with E-state index in [1.54, 1.807) is 16.0 Å². The number of nitrogen functional groups attached to an aromatic ring is 1. The molecule has 0 aliphatic carbocycles. The van der Waals surface area contributed by atoms with E-state index >= 15 is 0 Å². The molecule has 3 heterocycles. The van der Waals surface area contributed by atoms with Gasteiger partial charge >= 0.3 is 0 Å². The normalized spacial score (nSPS) is 10.9. The van der Waals surface area contributed by atoms with Gasteiger partial charge in [0, 0.05) is 12.4 Å². The van der Waals surface area contributed by atoms with Gasteiger partial charge in [-0.25, -0.2) is 14.6 Å². The Hall–Kier alpha value is -1.73. The summed E-state index contributed by atoms with van der Waals surface area (Å²) in [5.74, 6) is 1.46. The number of nitrogens with zero attached hydrogens (tertiary/aromatic N) is 4. The molecule has 0 saturated heterocycles. The molecule has 0 spiro atoms. The summed E-state index contributed by atoms with van der Waals surface area (Å²) in [7, 11) is 1.86. The van der Waals surface area contributed by atoms with Crippen LogP contribution in [0.4, 0.5) is 5.13 Å². The lowest BCUT2D eigenvalue weighted by molar-refractivity contribution is 0.775. The van der Waals surface area contributed by atoms with Crippen LogP contribution in [0.15, 0.2) is 22.9 Å². The van der Waals surface area contributed by atoms with Gasteiger partial charge in [-0.05, 0) is 11.4 Å². The molecule has 3 aromatic heterocycles. The number of thiophene rings is 1. The summed E-state index contributed by atoms with van der Waals surface area (Å²) in [6.45, 7) is 0. The molecule has 0 amide bonds. The van der Waals surface area contributed by atoms with Crippen molar-refractivity contribution in [1.82, 2.24) is 19.7 Å². The van der Waals surface area contributed by atoms with Crippen molar-refractivity contribution in [2.75, 3.05) is 5.73 Å². The van der Waals surface area contributed by atoms with E-state index in [-0.39, 0.29) is 0 Å². The number of anilines is 1. The van der Waals surface area contributed by atoms with Crippen molar-refractivity contribution in [3.05, 3.63) is 22.9 Å². The first kappa shape index (κ1) is 10.4. The van der Waals surface area contributed by atoms with E-state index in [0.29, 0.717) is 5.13 Å². The van der Waals surface area contributed by atoms with Crippen molar-refractivity contribution in [2.45, 2.75) is 0 Å². The van der Waals surface area contributed by atoms with E-state index < -0.39 is 0 Å². The molecule has 7 heteroatoms. The monoisotopic (exact) mass is 263 g/mol. The molecule has 0 aliphatic rings. The highest BCUT2D eigenvalue weighted by Gasteiger charge is 2.13. The van der Waals surface area contributed by atoms with E-state index in [9.17, 15) is 0 Å². The SMILES string of the molecule is Cn1nc(-c2cccs2)nc1-c1csc(N)n1. The minimum atomic E-state index is 0.542. The maximum absolute atomic E-state index is 5.62. The highest BCUT2D eigenvalue weighted by Crippen LogP contribution is 2.26. The molecule has 0 bridgehead atoms. The molecule has 17 heavy (non-hydrogen) atoms. The van der Waals surface area contributed by atoms with Gasteiger partial charge in [-0.1, -0.05) is 6.07 Å². The van der Waals surface area contributed by atoms with Crippen LogP contribution in [0.25, 0.3) is 22.2 Å². The van der Waals surface area contributed by atoms with Crippen molar-refractivity contribution in [1.29, 1.82) is 0 Å². The van der Waals surface area contributed by atoms with Crippen LogP contribution < -0.4 is 5.73 Å². The van der Waals surface area contributed by atoms with Crippen LogP contribution in [-0.4, -0.2) is 19.7 Å². The molecule has 2 N–H and O–H groups in total. The summed E-state index contributed by atoms with van der Waals surface area (Å²) in [5, 5.41) is 8.81. The van der Waals surface area contributed by atoms with Gasteiger partial charge in [0.15, 0.2) is 16.8 Å². The van der Waals surface area contributed by atoms with Gasteiger partial charge in [-0.15, -0.1) is 27.8 Å². The maximum atomic E-state index is 5.62. The lowest BCUT2D eigenvalue weighted by atomic mass is 10.4. The van der Waals surface area contributed by atoms with E-state index in [1.807, 2.05) is 29.9 Å². The fourth-order valence-corrected chi connectivity index (χ4v) is 2.70. The van der Waals surface area contributed by atoms with Gasteiger partial charge in [0.05, 0.1) is 4.88 Å². The van der Waals surface area contributed by atoms with Gasteiger partial charge in [0.25, 0.3) is 0 Å². The van der Waals surface area contributed by atoms with Crippen LogP contribution in [-0.2, 0) is 7.05 Å². The largest absolute Gasteiger partial charge is 0.375 e. The Labute approximate surface area is 106 Å². The Morgan fingerprint density at radius 3 is 2.82 bits per heavy atom. The zero-order valence-corrected chi connectivity index (χ0v) is 10.6. The fraction of sp³-hybridized carbons (Fsp3) is 0.100. The zero-order valence-electron chi connectivity index (χ0n) is 8.99. The van der Waals surface area contributed by atoms with Crippen molar-refractivity contribution >= 4 is 27.8 Å². The van der Waals surface area contributed by atoms with Gasteiger partial charge in [-0.3, -0.25) is 0 Å². The van der Waals surface area contributed by atoms with Crippen LogP contribution in [0, 0.1) is 0 Å². The predicted octanol–water partition coefficient (Wildman–Crippen LogP) is 2.25. The smallest absolute Gasteiger partial charge is 0.191 e. The number of rotatable bonds is 2. The predicted molar refractivity (Wildman–Crippen MR) is 69.8 cm³/mol. The van der Waals surface area contributed by atoms with Gasteiger partial charge in [0.1, 0.15) is 5.69 Å². The van der Waals surface area contributed by atoms with Crippen molar-refractivity contribution in [3.8, 4) is 22.2 Å². The molecule has 0 aromatic carbocycles. The molecule has 0 unspecified atom stereocenters. The molecular formula is C10H9N5S2. The number of aromatic nitrogens is 4. The molecule has 0 atom stereocenters. The molecule has 5 nitrogen and oxygen atoms in total. The Morgan fingerprint density at radius 1 is 1.29 bits per heavy atom. The summed E-state index contributed by atoms with van der Waals surface area (Å²) in [6.07, 6.45) is 0. The van der Waals surface area contributed by atoms with Crippen LogP contribution >= 0.6 is 22.7 Å². The standard InChI is InChI=1S/C10H9N5S2/c1-15-9(6-5-17-10(11)12-6)13-8(14-15)7-3-2-4-16-7/h2-5H,1H3,(H2,11,12). The first-order chi connectivity index (χ1) is 8.24. The third-order valence-electron chi connectivity index (χ3n) is 2.26. The fourth-order valence-electron chi connectivity index (χ4n) is 1.51. The van der Waals surface area contributed by atoms with Gasteiger partial charge in [-0.2, -0.15) is 0 Å². The van der Waals surface area contributed by atoms with E-state index in [0.717, 1.165) is 22.2 Å². The third-order valence-corrected chi connectivity index (χ3v) is 3.80. The van der Waals surface area contributed by atoms with Crippen LogP contribution in [0.1, 0.15) is 0 Å². The number of thiazole rings is 1. The minimum Gasteiger partial charge on any atom is -0.375 e. The zero-order chi connectivity index (χ0) is 11.8. The van der Waals surface area contributed by atoms with E-state index in [1.165, 1.54) is 11.3 Å². The first-order valence-electron chi connectivity index (χ1n) is 4.90. The lowest BCUT2D eigenvalue weighted by Gasteiger charge is -1.92. The number of nitrogens with two attached hydrogens (primary N) is 1. The van der Waals surface area contributed by atoms with Gasteiger partial charge < -0.3 is 5.73 Å². The molecule has 0 saturated carbocycles. The van der Waals surface area contributed by atoms with Crippen molar-refractivity contribution < 1.29 is 0 Å². The summed E-state index contributed by atoms with van der Waals surface area (Å²) in [4.78, 5) is 9.75. The molecule has 86 valence electrons. The molecule has 3 aromatic rings. The summed E-state index contributed by atoms with van der Waals surface area (Å²) >= 11 is 3.02. The Bertz CT molecular complexity index is 638. The van der Waals surface area contributed by atoms with Crippen LogP contribution in [0.3, 0.4) is 0 Å². The topological polar surface area (TPSA) is 69.6 Å². The molecule has 0 fully saturated rings. The number of hydrogen-bond donors (Lipinski definition) is 1. The average molecular weight is 263 g/mol. The second kappa shape index (κ2) is 3.94. The average Bonchev–Trinajstić information content (AvgIpc) is 2.97. The first-order valence-corrected chi connectivity index (χ1v) is 6.66. The van der Waals surface area contributed by atoms with Gasteiger partial charge in [0.2, 0.25) is 0 Å². The quantitative estimate of drug-likeness (QED) is 0.770. The highest BCUT2D eigenvalue weighted by atomic mass is 32.1. The Balaban J connectivity index is 2.07. The second-order valence-corrected chi connectivity index (χ2v) is 5.27. The number of hydrogen-bond acceptors (Lipinski definition) is 6. The molecule has 0 aliphatic heterocycles. The third kappa shape index (κ3) is 1.83. The summed E-state index contributed by atoms with van der Waals surface area (Å²) in [5.41, 5.74) is 6.39. The summed E-state index contributed by atoms with van der Waals surface area (Å²) < 4.78 is 1.73. The van der Waals surface area contributed by atoms with Crippen LogP contribution in [0.5, 0.6) is 0 Å². The summed E-state index contributed by atoms with van der Waals surface area (Å²) in [6, 6.07) is 3.98. The maximum Gasteiger partial charge on any atom is 0.191 e. The van der Waals surface area contributed by atoms with Crippen LogP contribution in [0.2, 0.25) is 0 Å². The van der Waals surface area contributed by atoms with Crippen molar-refractivity contribution in [2.24, 2.45) is 7.05 Å². The number of aryl methyl sites for hydroxylation is 1. The Morgan fingerprint density at radius 2 is 2.18 bits per heavy atom. The van der Waals surface area contributed by atoms with E-state index in [2.05, 4.69) is 15.1 Å².